The van der Waals surface area contributed by atoms with Crippen molar-refractivity contribution in [2.75, 3.05) is 6.54 Å². The number of benzene rings is 1. The van der Waals surface area contributed by atoms with Gasteiger partial charge in [-0.2, -0.15) is 8.42 Å². The lowest BCUT2D eigenvalue weighted by Gasteiger charge is -2.20. The van der Waals surface area contributed by atoms with Gasteiger partial charge in [-0.3, -0.25) is 5.32 Å². The first-order chi connectivity index (χ1) is 10.1. The summed E-state index contributed by atoms with van der Waals surface area (Å²) in [5, 5.41) is 21.1. The van der Waals surface area contributed by atoms with Crippen LogP contribution in [0.5, 0.6) is 5.75 Å². The van der Waals surface area contributed by atoms with Crippen LogP contribution >= 0.6 is 34.8 Å². The highest BCUT2D eigenvalue weighted by Gasteiger charge is 2.43. The third-order valence-corrected chi connectivity index (χ3v) is 5.50. The molecular weight excluding hydrogens is 381 g/mol. The molecule has 0 saturated carbocycles. The minimum Gasteiger partial charge on any atom is -0.505 e. The van der Waals surface area contributed by atoms with E-state index in [0.717, 1.165) is 6.07 Å². The highest BCUT2D eigenvalue weighted by Crippen LogP contribution is 2.42. The van der Waals surface area contributed by atoms with Crippen LogP contribution in [0.4, 0.5) is 0 Å². The van der Waals surface area contributed by atoms with Gasteiger partial charge in [-0.25, -0.2) is 4.79 Å². The van der Waals surface area contributed by atoms with Gasteiger partial charge < -0.3 is 14.4 Å². The molecule has 0 unspecified atom stereocenters. The van der Waals surface area contributed by atoms with Crippen molar-refractivity contribution in [3.05, 3.63) is 21.1 Å². The number of aromatic hydroxyl groups is 1. The van der Waals surface area contributed by atoms with E-state index in [1.54, 1.807) is 0 Å². The van der Waals surface area contributed by atoms with Crippen molar-refractivity contribution in [1.29, 1.82) is 0 Å². The Morgan fingerprint density at radius 2 is 1.95 bits per heavy atom. The second-order valence-electron chi connectivity index (χ2n) is 4.55. The van der Waals surface area contributed by atoms with Gasteiger partial charge in [0.05, 0.1) is 10.0 Å². The molecule has 0 radical (unpaired) electrons. The molecule has 0 aromatic heterocycles. The third kappa shape index (κ3) is 3.12. The van der Waals surface area contributed by atoms with E-state index in [0.29, 0.717) is 13.0 Å². The summed E-state index contributed by atoms with van der Waals surface area (Å²) < 4.78 is 28.5. The number of hydrogen-bond acceptors (Lipinski definition) is 7. The third-order valence-electron chi connectivity index (χ3n) is 3.03. The van der Waals surface area contributed by atoms with E-state index in [1.807, 2.05) is 0 Å². The summed E-state index contributed by atoms with van der Waals surface area (Å²) in [4.78, 5) is 11.0. The second-order valence-corrected chi connectivity index (χ2v) is 7.23. The maximum absolute atomic E-state index is 12.1. The number of nitrogens with one attached hydrogen (secondary N) is 1. The van der Waals surface area contributed by atoms with E-state index in [9.17, 15) is 23.4 Å². The lowest BCUT2D eigenvalue weighted by molar-refractivity contribution is -0.156. The number of phenols is 1. The molecule has 11 heteroatoms. The van der Waals surface area contributed by atoms with Crippen LogP contribution in [0.2, 0.25) is 15.1 Å². The summed E-state index contributed by atoms with van der Waals surface area (Å²) in [6, 6.07) is 0.792. The van der Waals surface area contributed by atoms with Crippen molar-refractivity contribution in [2.24, 2.45) is 0 Å². The number of hydrogen-bond donors (Lipinski definition) is 3. The summed E-state index contributed by atoms with van der Waals surface area (Å²) in [7, 11) is -4.75. The zero-order valence-corrected chi connectivity index (χ0v) is 13.9. The van der Waals surface area contributed by atoms with E-state index in [4.69, 9.17) is 34.8 Å². The van der Waals surface area contributed by atoms with E-state index >= 15 is 0 Å². The summed E-state index contributed by atoms with van der Waals surface area (Å²) in [6.45, 7) is 0.329. The van der Waals surface area contributed by atoms with Crippen molar-refractivity contribution < 1.29 is 27.6 Å². The summed E-state index contributed by atoms with van der Waals surface area (Å²) >= 11 is 17.0. The molecule has 0 amide bonds. The molecule has 122 valence electrons. The van der Waals surface area contributed by atoms with Crippen LogP contribution in [-0.4, -0.2) is 36.9 Å². The second kappa shape index (κ2) is 6.03. The molecule has 2 rings (SSSR count). The smallest absolute Gasteiger partial charge is 0.369 e. The molecule has 1 aromatic rings. The zero-order valence-electron chi connectivity index (χ0n) is 10.8. The van der Waals surface area contributed by atoms with Crippen LogP contribution in [0.25, 0.3) is 0 Å². The van der Waals surface area contributed by atoms with Gasteiger partial charge in [0.1, 0.15) is 5.02 Å². The van der Waals surface area contributed by atoms with Crippen molar-refractivity contribution in [3.8, 4) is 5.75 Å². The molecule has 7 nitrogen and oxygen atoms in total. The van der Waals surface area contributed by atoms with Crippen LogP contribution in [-0.2, 0) is 19.1 Å². The normalized spacial score (nSPS) is 21.8. The minimum absolute atomic E-state index is 0.00450. The standard InChI is InChI=1S/C11H10Cl3NO6S/c12-5-4-6(9(16)8(14)7(5)13)22(19,20)21-10(17)11(18)2-1-3-15-11/h4,15-16,18H,1-3H2/t11-/m0/s1. The van der Waals surface area contributed by atoms with E-state index in [2.05, 4.69) is 9.50 Å². The summed E-state index contributed by atoms with van der Waals surface area (Å²) in [5.41, 5.74) is -2.09. The van der Waals surface area contributed by atoms with Crippen molar-refractivity contribution in [1.82, 2.24) is 5.32 Å². The minimum atomic E-state index is -4.75. The Morgan fingerprint density at radius 1 is 1.32 bits per heavy atom. The van der Waals surface area contributed by atoms with Crippen molar-refractivity contribution >= 4 is 50.9 Å². The Labute approximate surface area is 140 Å². The lowest BCUT2D eigenvalue weighted by Crippen LogP contribution is -2.49. The molecule has 1 saturated heterocycles. The van der Waals surface area contributed by atoms with Crippen LogP contribution in [0.15, 0.2) is 11.0 Å². The van der Waals surface area contributed by atoms with E-state index in [-0.39, 0.29) is 16.5 Å². The average Bonchev–Trinajstić information content (AvgIpc) is 2.88. The fourth-order valence-corrected chi connectivity index (χ4v) is 3.62. The first kappa shape index (κ1) is 17.6. The number of carbonyl (C=O) groups is 1. The number of carbonyl (C=O) groups excluding carboxylic acids is 1. The van der Waals surface area contributed by atoms with Crippen LogP contribution in [0.1, 0.15) is 12.8 Å². The van der Waals surface area contributed by atoms with E-state index in [1.165, 1.54) is 0 Å². The van der Waals surface area contributed by atoms with Gasteiger partial charge in [-0.1, -0.05) is 34.8 Å². The van der Waals surface area contributed by atoms with Crippen molar-refractivity contribution in [2.45, 2.75) is 23.5 Å². The van der Waals surface area contributed by atoms with Gasteiger partial charge in [-0.05, 0) is 19.0 Å². The molecular formula is C11H10Cl3NO6S. The van der Waals surface area contributed by atoms with Crippen LogP contribution in [0.3, 0.4) is 0 Å². The Balaban J connectivity index is 2.38. The fraction of sp³-hybridized carbons (Fsp3) is 0.364. The average molecular weight is 391 g/mol. The predicted octanol–water partition coefficient (Wildman–Crippen LogP) is 1.66. The molecule has 22 heavy (non-hydrogen) atoms. The van der Waals surface area contributed by atoms with E-state index < -0.39 is 37.5 Å². The lowest BCUT2D eigenvalue weighted by atomic mass is 10.2. The van der Waals surface area contributed by atoms with Crippen LogP contribution in [0, 0.1) is 0 Å². The molecule has 1 aliphatic heterocycles. The molecule has 3 N–H and O–H groups in total. The number of halogens is 3. The van der Waals surface area contributed by atoms with Gasteiger partial charge >= 0.3 is 16.1 Å². The van der Waals surface area contributed by atoms with Gasteiger partial charge in [0.2, 0.25) is 5.72 Å². The molecule has 1 heterocycles. The molecule has 0 bridgehead atoms. The highest BCUT2D eigenvalue weighted by molar-refractivity contribution is 7.87. The van der Waals surface area contributed by atoms with Crippen molar-refractivity contribution in [3.63, 3.8) is 0 Å². The molecule has 0 aliphatic carbocycles. The Morgan fingerprint density at radius 3 is 2.50 bits per heavy atom. The first-order valence-corrected chi connectivity index (χ1v) is 8.45. The Kier molecular flexibility index (Phi) is 4.82. The van der Waals surface area contributed by atoms with Crippen LogP contribution < -0.4 is 5.32 Å². The fourth-order valence-electron chi connectivity index (χ4n) is 1.87. The zero-order chi connectivity index (χ0) is 16.7. The number of rotatable bonds is 3. The topological polar surface area (TPSA) is 113 Å². The molecule has 1 aromatic carbocycles. The number of aliphatic hydroxyl groups is 1. The quantitative estimate of drug-likeness (QED) is 0.531. The Bertz CT molecular complexity index is 730. The van der Waals surface area contributed by atoms with Gasteiger partial charge in [0, 0.05) is 6.42 Å². The summed E-state index contributed by atoms with van der Waals surface area (Å²) in [6.07, 6.45) is 0.463. The maximum atomic E-state index is 12.1. The summed E-state index contributed by atoms with van der Waals surface area (Å²) in [5.74, 6) is -2.32. The van der Waals surface area contributed by atoms with Gasteiger partial charge in [0.15, 0.2) is 10.6 Å². The highest BCUT2D eigenvalue weighted by atomic mass is 35.5. The Hall–Kier alpha value is -0.770. The first-order valence-electron chi connectivity index (χ1n) is 5.91. The SMILES string of the molecule is O=C(OS(=O)(=O)c1cc(Cl)c(Cl)c(Cl)c1O)[C@@]1(O)CCCN1. The van der Waals surface area contributed by atoms with Gasteiger partial charge in [0.25, 0.3) is 0 Å². The molecule has 1 aliphatic rings. The molecule has 1 atom stereocenters. The molecule has 0 spiro atoms. The predicted molar refractivity (Wildman–Crippen MR) is 78.6 cm³/mol. The maximum Gasteiger partial charge on any atom is 0.369 e. The monoisotopic (exact) mass is 389 g/mol. The largest absolute Gasteiger partial charge is 0.505 e. The molecule has 1 fully saturated rings. The number of phenolic OH excluding ortho intramolecular Hbond substituents is 1. The van der Waals surface area contributed by atoms with Gasteiger partial charge in [-0.15, -0.1) is 0 Å².